The molecule has 2 heterocycles. The van der Waals surface area contributed by atoms with Crippen molar-refractivity contribution in [2.45, 2.75) is 31.8 Å². The highest BCUT2D eigenvalue weighted by Crippen LogP contribution is 2.16. The molecule has 25 heavy (non-hydrogen) atoms. The van der Waals surface area contributed by atoms with Crippen LogP contribution in [0.2, 0.25) is 0 Å². The topological polar surface area (TPSA) is 44.8 Å². The van der Waals surface area contributed by atoms with Crippen molar-refractivity contribution < 1.29 is 18.3 Å². The average molecular weight is 353 g/mol. The third kappa shape index (κ3) is 5.37. The number of carbonyl (C=O) groups is 1. The Balaban J connectivity index is 1.58. The van der Waals surface area contributed by atoms with Crippen LogP contribution in [0.3, 0.4) is 0 Å². The summed E-state index contributed by atoms with van der Waals surface area (Å²) in [6.07, 6.45) is 4.42. The third-order valence-electron chi connectivity index (χ3n) is 4.66. The van der Waals surface area contributed by atoms with Gasteiger partial charge in [-0.15, -0.1) is 0 Å². The van der Waals surface area contributed by atoms with Crippen molar-refractivity contribution in [1.82, 2.24) is 9.80 Å². The van der Waals surface area contributed by atoms with Crippen molar-refractivity contribution in [1.29, 1.82) is 0 Å². The fraction of sp³-hybridized carbons (Fsp3) is 0.611. The number of urea groups is 1. The van der Waals surface area contributed by atoms with Gasteiger partial charge in [0.1, 0.15) is 11.6 Å². The standard InChI is InChI=1S/C18H25F2N3O2/c19-14-9-15(20)11-16(10-14)21-18(24)23-7-4-8-25-17(13-23)12-22-5-2-1-3-6-22/h9-11,17H,1-8,12-13H2,(H,21,24). The van der Waals surface area contributed by atoms with E-state index in [1.54, 1.807) is 4.90 Å². The smallest absolute Gasteiger partial charge is 0.321 e. The van der Waals surface area contributed by atoms with E-state index in [0.29, 0.717) is 19.7 Å². The van der Waals surface area contributed by atoms with Crippen LogP contribution < -0.4 is 5.32 Å². The molecule has 1 aromatic carbocycles. The molecular weight excluding hydrogens is 328 g/mol. The first kappa shape index (κ1) is 18.1. The number of ether oxygens (including phenoxy) is 1. The maximum Gasteiger partial charge on any atom is 0.321 e. The summed E-state index contributed by atoms with van der Waals surface area (Å²) in [5, 5.41) is 2.58. The number of anilines is 1. The minimum atomic E-state index is -0.711. The van der Waals surface area contributed by atoms with Gasteiger partial charge in [-0.1, -0.05) is 6.42 Å². The Morgan fingerprint density at radius 2 is 1.80 bits per heavy atom. The first-order valence-electron chi connectivity index (χ1n) is 8.96. The van der Waals surface area contributed by atoms with Crippen LogP contribution in [0.15, 0.2) is 18.2 Å². The molecule has 1 atom stereocenters. The number of nitrogens with zero attached hydrogens (tertiary/aromatic N) is 2. The quantitative estimate of drug-likeness (QED) is 0.908. The Morgan fingerprint density at radius 3 is 2.52 bits per heavy atom. The molecule has 1 N–H and O–H groups in total. The van der Waals surface area contributed by atoms with E-state index in [4.69, 9.17) is 4.74 Å². The zero-order chi connectivity index (χ0) is 17.6. The van der Waals surface area contributed by atoms with Gasteiger partial charge in [0.25, 0.3) is 0 Å². The van der Waals surface area contributed by atoms with Crippen molar-refractivity contribution in [3.05, 3.63) is 29.8 Å². The van der Waals surface area contributed by atoms with Gasteiger partial charge in [0.2, 0.25) is 0 Å². The number of rotatable bonds is 3. The Hall–Kier alpha value is -1.73. The van der Waals surface area contributed by atoms with E-state index in [9.17, 15) is 13.6 Å². The predicted octanol–water partition coefficient (Wildman–Crippen LogP) is 3.07. The Morgan fingerprint density at radius 1 is 1.08 bits per heavy atom. The molecule has 2 saturated heterocycles. The molecule has 5 nitrogen and oxygen atoms in total. The lowest BCUT2D eigenvalue weighted by Crippen LogP contribution is -2.45. The molecule has 1 aromatic rings. The van der Waals surface area contributed by atoms with Crippen molar-refractivity contribution >= 4 is 11.7 Å². The van der Waals surface area contributed by atoms with Crippen LogP contribution in [-0.4, -0.2) is 61.3 Å². The van der Waals surface area contributed by atoms with Gasteiger partial charge in [0.05, 0.1) is 6.10 Å². The summed E-state index contributed by atoms with van der Waals surface area (Å²) >= 11 is 0. The van der Waals surface area contributed by atoms with Gasteiger partial charge >= 0.3 is 6.03 Å². The van der Waals surface area contributed by atoms with Crippen LogP contribution in [0.5, 0.6) is 0 Å². The Bertz CT molecular complexity index is 573. The minimum Gasteiger partial charge on any atom is -0.375 e. The van der Waals surface area contributed by atoms with Crippen molar-refractivity contribution in [3.63, 3.8) is 0 Å². The van der Waals surface area contributed by atoms with Gasteiger partial charge in [-0.3, -0.25) is 0 Å². The molecule has 2 aliphatic rings. The summed E-state index contributed by atoms with van der Waals surface area (Å²) < 4.78 is 32.4. The maximum atomic E-state index is 13.3. The second-order valence-corrected chi connectivity index (χ2v) is 6.74. The van der Waals surface area contributed by atoms with Gasteiger partial charge < -0.3 is 19.9 Å². The molecule has 2 fully saturated rings. The number of hydrogen-bond donors (Lipinski definition) is 1. The van der Waals surface area contributed by atoms with E-state index < -0.39 is 11.6 Å². The molecule has 7 heteroatoms. The number of hydrogen-bond acceptors (Lipinski definition) is 3. The number of halogens is 2. The number of likely N-dealkylation sites (tertiary alicyclic amines) is 1. The van der Waals surface area contributed by atoms with E-state index in [1.165, 1.54) is 19.3 Å². The van der Waals surface area contributed by atoms with Gasteiger partial charge in [-0.05, 0) is 44.5 Å². The van der Waals surface area contributed by atoms with Crippen molar-refractivity contribution in [2.24, 2.45) is 0 Å². The molecule has 2 amide bonds. The van der Waals surface area contributed by atoms with E-state index in [2.05, 4.69) is 10.2 Å². The molecule has 1 unspecified atom stereocenters. The lowest BCUT2D eigenvalue weighted by Gasteiger charge is -2.31. The minimum absolute atomic E-state index is 0.0319. The van der Waals surface area contributed by atoms with Crippen LogP contribution in [0, 0.1) is 11.6 Å². The van der Waals surface area contributed by atoms with Gasteiger partial charge in [0, 0.05) is 38.0 Å². The number of piperidine rings is 1. The van der Waals surface area contributed by atoms with Crippen molar-refractivity contribution in [2.75, 3.05) is 44.6 Å². The average Bonchev–Trinajstić information content (AvgIpc) is 2.80. The summed E-state index contributed by atoms with van der Waals surface area (Å²) in [6, 6.07) is 2.66. The molecule has 2 aliphatic heterocycles. The van der Waals surface area contributed by atoms with E-state index in [0.717, 1.165) is 44.3 Å². The maximum absolute atomic E-state index is 13.3. The SMILES string of the molecule is O=C(Nc1cc(F)cc(F)c1)N1CCCOC(CN2CCCCC2)C1. The number of carbonyl (C=O) groups excluding carboxylic acids is 1. The van der Waals surface area contributed by atoms with Crippen LogP contribution in [0.4, 0.5) is 19.3 Å². The molecule has 0 bridgehead atoms. The predicted molar refractivity (Wildman–Crippen MR) is 91.6 cm³/mol. The largest absolute Gasteiger partial charge is 0.375 e. The number of amides is 2. The first-order valence-corrected chi connectivity index (χ1v) is 8.96. The number of nitrogens with one attached hydrogen (secondary N) is 1. The molecule has 0 radical (unpaired) electrons. The fourth-order valence-corrected chi connectivity index (χ4v) is 3.45. The van der Waals surface area contributed by atoms with Gasteiger partial charge in [0.15, 0.2) is 0 Å². The Labute approximate surface area is 146 Å². The molecule has 138 valence electrons. The zero-order valence-corrected chi connectivity index (χ0v) is 14.3. The lowest BCUT2D eigenvalue weighted by atomic mass is 10.1. The molecular formula is C18H25F2N3O2. The summed E-state index contributed by atoms with van der Waals surface area (Å²) in [6.45, 7) is 4.65. The second-order valence-electron chi connectivity index (χ2n) is 6.74. The van der Waals surface area contributed by atoms with E-state index in [1.807, 2.05) is 0 Å². The molecule has 0 aromatic heterocycles. The highest BCUT2D eigenvalue weighted by Gasteiger charge is 2.25. The van der Waals surface area contributed by atoms with Gasteiger partial charge in [-0.2, -0.15) is 0 Å². The molecule has 3 rings (SSSR count). The van der Waals surface area contributed by atoms with Crippen LogP contribution >= 0.6 is 0 Å². The van der Waals surface area contributed by atoms with Crippen LogP contribution in [0.25, 0.3) is 0 Å². The second kappa shape index (κ2) is 8.58. The summed E-state index contributed by atoms with van der Waals surface area (Å²) in [5.74, 6) is -1.42. The molecule has 0 saturated carbocycles. The van der Waals surface area contributed by atoms with E-state index >= 15 is 0 Å². The third-order valence-corrected chi connectivity index (χ3v) is 4.66. The number of benzene rings is 1. The summed E-state index contributed by atoms with van der Waals surface area (Å²) in [4.78, 5) is 16.5. The highest BCUT2D eigenvalue weighted by molar-refractivity contribution is 5.89. The first-order chi connectivity index (χ1) is 12.1. The van der Waals surface area contributed by atoms with Crippen LogP contribution in [0.1, 0.15) is 25.7 Å². The molecule has 0 spiro atoms. The van der Waals surface area contributed by atoms with E-state index in [-0.39, 0.29) is 17.8 Å². The van der Waals surface area contributed by atoms with Crippen LogP contribution in [-0.2, 0) is 4.74 Å². The lowest BCUT2D eigenvalue weighted by molar-refractivity contribution is 0.0261. The summed E-state index contributed by atoms with van der Waals surface area (Å²) in [7, 11) is 0. The summed E-state index contributed by atoms with van der Waals surface area (Å²) in [5.41, 5.74) is 0.125. The highest BCUT2D eigenvalue weighted by atomic mass is 19.1. The molecule has 0 aliphatic carbocycles. The van der Waals surface area contributed by atoms with Crippen molar-refractivity contribution in [3.8, 4) is 0 Å². The zero-order valence-electron chi connectivity index (χ0n) is 14.3. The fourth-order valence-electron chi connectivity index (χ4n) is 3.45. The van der Waals surface area contributed by atoms with Gasteiger partial charge in [-0.25, -0.2) is 13.6 Å². The monoisotopic (exact) mass is 353 g/mol. The normalized spacial score (nSPS) is 22.5. The Kier molecular flexibility index (Phi) is 6.20.